The summed E-state index contributed by atoms with van der Waals surface area (Å²) in [5.41, 5.74) is 1.47. The van der Waals surface area contributed by atoms with Gasteiger partial charge in [-0.1, -0.05) is 18.2 Å². The summed E-state index contributed by atoms with van der Waals surface area (Å²) in [6, 6.07) is 14.5. The van der Waals surface area contributed by atoms with Gasteiger partial charge in [0.05, 0.1) is 25.0 Å². The van der Waals surface area contributed by atoms with Gasteiger partial charge in [-0.2, -0.15) is 0 Å². The van der Waals surface area contributed by atoms with Crippen LogP contribution < -0.4 is 25.0 Å². The van der Waals surface area contributed by atoms with E-state index in [-0.39, 0.29) is 25.0 Å². The number of hydrogen-bond donors (Lipinski definition) is 2. The first-order valence-corrected chi connectivity index (χ1v) is 8.33. The van der Waals surface area contributed by atoms with E-state index in [2.05, 4.69) is 10.6 Å². The van der Waals surface area contributed by atoms with Gasteiger partial charge in [-0.05, 0) is 24.3 Å². The number of methoxy groups -OCH3 is 1. The minimum atomic E-state index is -0.276. The van der Waals surface area contributed by atoms with Crippen molar-refractivity contribution in [3.05, 3.63) is 48.5 Å². The maximum atomic E-state index is 12.3. The normalized spacial score (nSPS) is 13.7. The van der Waals surface area contributed by atoms with Crippen LogP contribution in [0.25, 0.3) is 0 Å². The molecule has 2 N–H and O–H groups in total. The number of amides is 2. The molecule has 0 spiro atoms. The number of rotatable bonds is 6. The Labute approximate surface area is 151 Å². The molecular formula is C19H21N3O4. The monoisotopic (exact) mass is 355 g/mol. The van der Waals surface area contributed by atoms with Crippen molar-refractivity contribution < 1.29 is 19.1 Å². The van der Waals surface area contributed by atoms with Gasteiger partial charge >= 0.3 is 0 Å². The lowest BCUT2D eigenvalue weighted by molar-refractivity contribution is -0.120. The number of benzene rings is 2. The van der Waals surface area contributed by atoms with Crippen molar-refractivity contribution in [2.45, 2.75) is 0 Å². The predicted octanol–water partition coefficient (Wildman–Crippen LogP) is 1.65. The van der Waals surface area contributed by atoms with Crippen LogP contribution in [-0.4, -0.2) is 45.2 Å². The maximum Gasteiger partial charge on any atom is 0.262 e. The van der Waals surface area contributed by atoms with Crippen molar-refractivity contribution in [1.29, 1.82) is 0 Å². The maximum absolute atomic E-state index is 12.3. The minimum absolute atomic E-state index is 0.0289. The largest absolute Gasteiger partial charge is 0.497 e. The van der Waals surface area contributed by atoms with Crippen LogP contribution in [0.4, 0.5) is 11.4 Å². The van der Waals surface area contributed by atoms with Gasteiger partial charge in [0.2, 0.25) is 5.91 Å². The third-order valence-electron chi connectivity index (χ3n) is 3.97. The lowest BCUT2D eigenvalue weighted by atomic mass is 10.2. The van der Waals surface area contributed by atoms with Crippen molar-refractivity contribution in [2.24, 2.45) is 0 Å². The Kier molecular flexibility index (Phi) is 5.58. The van der Waals surface area contributed by atoms with Gasteiger partial charge < -0.3 is 25.0 Å². The molecule has 0 aliphatic carbocycles. The molecule has 0 unspecified atom stereocenters. The van der Waals surface area contributed by atoms with Crippen molar-refractivity contribution in [2.75, 3.05) is 43.6 Å². The van der Waals surface area contributed by atoms with E-state index < -0.39 is 0 Å². The lowest BCUT2D eigenvalue weighted by Gasteiger charge is -2.30. The fourth-order valence-corrected chi connectivity index (χ4v) is 2.73. The second kappa shape index (κ2) is 8.24. The van der Waals surface area contributed by atoms with Gasteiger partial charge in [0.1, 0.15) is 11.5 Å². The number of para-hydroxylation sites is 2. The van der Waals surface area contributed by atoms with Crippen LogP contribution in [0.2, 0.25) is 0 Å². The summed E-state index contributed by atoms with van der Waals surface area (Å²) in [5, 5.41) is 5.64. The molecule has 7 nitrogen and oxygen atoms in total. The van der Waals surface area contributed by atoms with Crippen molar-refractivity contribution in [3.8, 4) is 11.5 Å². The molecule has 26 heavy (non-hydrogen) atoms. The Balaban J connectivity index is 1.63. The number of piperazine rings is 1. The third-order valence-corrected chi connectivity index (χ3v) is 3.97. The zero-order valence-corrected chi connectivity index (χ0v) is 14.5. The fraction of sp³-hybridized carbons (Fsp3) is 0.263. The number of ether oxygens (including phenoxy) is 2. The molecule has 0 bridgehead atoms. The summed E-state index contributed by atoms with van der Waals surface area (Å²) >= 11 is 0. The van der Waals surface area contributed by atoms with E-state index in [1.165, 1.54) is 0 Å². The minimum Gasteiger partial charge on any atom is -0.497 e. The number of anilines is 2. The molecule has 136 valence electrons. The Morgan fingerprint density at radius 3 is 2.81 bits per heavy atom. The summed E-state index contributed by atoms with van der Waals surface area (Å²) in [5.74, 6) is 0.914. The standard InChI is InChI=1S/C19H21N3O4/c1-25-14-5-4-6-15(11-14)26-13-19(24)21-16-7-2-3-8-17(16)22-10-9-20-18(23)12-22/h2-8,11H,9-10,12-13H2,1H3,(H,20,23)(H,21,24). The summed E-state index contributed by atoms with van der Waals surface area (Å²) in [6.45, 7) is 1.42. The molecule has 1 aliphatic rings. The first kappa shape index (κ1) is 17.6. The van der Waals surface area contributed by atoms with Gasteiger partial charge in [0, 0.05) is 19.2 Å². The van der Waals surface area contributed by atoms with Gasteiger partial charge in [-0.3, -0.25) is 9.59 Å². The van der Waals surface area contributed by atoms with E-state index >= 15 is 0 Å². The number of carbonyl (C=O) groups excluding carboxylic acids is 2. The average Bonchev–Trinajstić information content (AvgIpc) is 2.67. The molecule has 0 saturated carbocycles. The molecule has 0 atom stereocenters. The zero-order chi connectivity index (χ0) is 18.4. The fourth-order valence-electron chi connectivity index (χ4n) is 2.73. The highest BCUT2D eigenvalue weighted by Crippen LogP contribution is 2.26. The molecule has 1 saturated heterocycles. The average molecular weight is 355 g/mol. The molecule has 2 aromatic carbocycles. The number of carbonyl (C=O) groups is 2. The molecule has 1 aliphatic heterocycles. The molecule has 1 heterocycles. The highest BCUT2D eigenvalue weighted by Gasteiger charge is 2.19. The van der Waals surface area contributed by atoms with Gasteiger partial charge in [0.15, 0.2) is 6.61 Å². The molecule has 0 aromatic heterocycles. The van der Waals surface area contributed by atoms with Crippen LogP contribution in [-0.2, 0) is 9.59 Å². The smallest absolute Gasteiger partial charge is 0.262 e. The molecule has 7 heteroatoms. The number of hydrogen-bond acceptors (Lipinski definition) is 5. The van der Waals surface area contributed by atoms with Gasteiger partial charge in [-0.15, -0.1) is 0 Å². The first-order valence-electron chi connectivity index (χ1n) is 8.33. The Bertz CT molecular complexity index is 794. The third kappa shape index (κ3) is 4.44. The summed E-state index contributed by atoms with van der Waals surface area (Å²) in [4.78, 5) is 25.8. The molecule has 0 radical (unpaired) electrons. The van der Waals surface area contributed by atoms with Crippen LogP contribution >= 0.6 is 0 Å². The predicted molar refractivity (Wildman–Crippen MR) is 98.8 cm³/mol. The summed E-state index contributed by atoms with van der Waals surface area (Å²) < 4.78 is 10.6. The second-order valence-corrected chi connectivity index (χ2v) is 5.80. The summed E-state index contributed by atoms with van der Waals surface area (Å²) in [6.07, 6.45) is 0. The van der Waals surface area contributed by atoms with E-state index in [4.69, 9.17) is 9.47 Å². The van der Waals surface area contributed by atoms with E-state index in [1.54, 1.807) is 31.4 Å². The SMILES string of the molecule is COc1cccc(OCC(=O)Nc2ccccc2N2CCNC(=O)C2)c1. The van der Waals surface area contributed by atoms with Crippen LogP contribution in [0.3, 0.4) is 0 Å². The van der Waals surface area contributed by atoms with E-state index in [9.17, 15) is 9.59 Å². The quantitative estimate of drug-likeness (QED) is 0.824. The van der Waals surface area contributed by atoms with Crippen molar-refractivity contribution >= 4 is 23.2 Å². The topological polar surface area (TPSA) is 79.9 Å². The summed E-state index contributed by atoms with van der Waals surface area (Å²) in [7, 11) is 1.57. The number of nitrogens with one attached hydrogen (secondary N) is 2. The van der Waals surface area contributed by atoms with E-state index in [1.807, 2.05) is 29.2 Å². The van der Waals surface area contributed by atoms with E-state index in [0.717, 1.165) is 5.69 Å². The number of nitrogens with zero attached hydrogens (tertiary/aromatic N) is 1. The van der Waals surface area contributed by atoms with Crippen LogP contribution in [0.5, 0.6) is 11.5 Å². The molecule has 3 rings (SSSR count). The molecule has 2 aromatic rings. The highest BCUT2D eigenvalue weighted by atomic mass is 16.5. The van der Waals surface area contributed by atoms with Crippen LogP contribution in [0.1, 0.15) is 0 Å². The molecular weight excluding hydrogens is 334 g/mol. The van der Waals surface area contributed by atoms with Crippen molar-refractivity contribution in [3.63, 3.8) is 0 Å². The Hall–Kier alpha value is -3.22. The zero-order valence-electron chi connectivity index (χ0n) is 14.5. The van der Waals surface area contributed by atoms with Crippen LogP contribution in [0.15, 0.2) is 48.5 Å². The van der Waals surface area contributed by atoms with Gasteiger partial charge in [0.25, 0.3) is 5.91 Å². The highest BCUT2D eigenvalue weighted by molar-refractivity contribution is 5.96. The first-order chi connectivity index (χ1) is 12.7. The Morgan fingerprint density at radius 2 is 2.00 bits per heavy atom. The van der Waals surface area contributed by atoms with Gasteiger partial charge in [-0.25, -0.2) is 0 Å². The second-order valence-electron chi connectivity index (χ2n) is 5.80. The van der Waals surface area contributed by atoms with Crippen molar-refractivity contribution in [1.82, 2.24) is 5.32 Å². The van der Waals surface area contributed by atoms with Crippen LogP contribution in [0, 0.1) is 0 Å². The molecule has 2 amide bonds. The Morgan fingerprint density at radius 1 is 1.19 bits per heavy atom. The lowest BCUT2D eigenvalue weighted by Crippen LogP contribution is -2.48. The molecule has 1 fully saturated rings. The van der Waals surface area contributed by atoms with E-state index in [0.29, 0.717) is 30.3 Å².